The van der Waals surface area contributed by atoms with E-state index in [1.165, 1.54) is 58.2 Å². The van der Waals surface area contributed by atoms with Gasteiger partial charge in [0.25, 0.3) is 0 Å². The van der Waals surface area contributed by atoms with Gasteiger partial charge in [0, 0.05) is 0 Å². The van der Waals surface area contributed by atoms with E-state index < -0.39 is 0 Å². The number of piperidine rings is 3. The molecule has 2 bridgehead atoms. The van der Waals surface area contributed by atoms with Crippen molar-refractivity contribution in [3.05, 3.63) is 0 Å². The lowest BCUT2D eigenvalue weighted by atomic mass is 9.69. The summed E-state index contributed by atoms with van der Waals surface area (Å²) in [6.45, 7) is 6.49. The van der Waals surface area contributed by atoms with Crippen LogP contribution in [0.5, 0.6) is 0 Å². The van der Waals surface area contributed by atoms with Gasteiger partial charge in [-0.25, -0.2) is 0 Å². The normalized spacial score (nSPS) is 40.2. The van der Waals surface area contributed by atoms with Gasteiger partial charge in [0.05, 0.1) is 0 Å². The van der Waals surface area contributed by atoms with Crippen molar-refractivity contribution >= 4 is 0 Å². The van der Waals surface area contributed by atoms with Gasteiger partial charge in [0.1, 0.15) is 0 Å². The summed E-state index contributed by atoms with van der Waals surface area (Å²) in [7, 11) is 0. The second-order valence-electron chi connectivity index (χ2n) is 4.70. The summed E-state index contributed by atoms with van der Waals surface area (Å²) in [4.78, 5) is 2.63. The number of hydrogen-bond acceptors (Lipinski definition) is 1. The van der Waals surface area contributed by atoms with E-state index in [1.54, 1.807) is 0 Å². The highest BCUT2D eigenvalue weighted by molar-refractivity contribution is 4.91. The molecule has 3 heterocycles. The van der Waals surface area contributed by atoms with E-state index in [1.807, 2.05) is 0 Å². The lowest BCUT2D eigenvalue weighted by Crippen LogP contribution is -2.48. The molecule has 3 saturated heterocycles. The molecule has 3 aliphatic rings. The SMILES string of the molecule is CCCCC12CCN(CC1)CC2. The molecule has 70 valence electrons. The second kappa shape index (κ2) is 3.37. The van der Waals surface area contributed by atoms with E-state index in [-0.39, 0.29) is 0 Å². The van der Waals surface area contributed by atoms with E-state index in [0.717, 1.165) is 5.41 Å². The van der Waals surface area contributed by atoms with Crippen molar-refractivity contribution in [3.8, 4) is 0 Å². The second-order valence-corrected chi connectivity index (χ2v) is 4.70. The Bertz CT molecular complexity index is 131. The van der Waals surface area contributed by atoms with Gasteiger partial charge in [0.15, 0.2) is 0 Å². The van der Waals surface area contributed by atoms with Gasteiger partial charge in [-0.2, -0.15) is 0 Å². The average molecular weight is 167 g/mol. The summed E-state index contributed by atoms with van der Waals surface area (Å²) in [5.41, 5.74) is 0.796. The molecule has 0 aromatic rings. The van der Waals surface area contributed by atoms with E-state index in [2.05, 4.69) is 11.8 Å². The first-order valence-electron chi connectivity index (χ1n) is 5.57. The Labute approximate surface area is 76.1 Å². The van der Waals surface area contributed by atoms with Gasteiger partial charge >= 0.3 is 0 Å². The van der Waals surface area contributed by atoms with Crippen LogP contribution >= 0.6 is 0 Å². The van der Waals surface area contributed by atoms with Gasteiger partial charge in [-0.15, -0.1) is 0 Å². The van der Waals surface area contributed by atoms with E-state index in [9.17, 15) is 0 Å². The van der Waals surface area contributed by atoms with Crippen molar-refractivity contribution in [2.24, 2.45) is 5.41 Å². The van der Waals surface area contributed by atoms with Crippen LogP contribution in [-0.2, 0) is 0 Å². The van der Waals surface area contributed by atoms with Crippen molar-refractivity contribution < 1.29 is 0 Å². The Kier molecular flexibility index (Phi) is 2.40. The smallest absolute Gasteiger partial charge is 0.00134 e. The van der Waals surface area contributed by atoms with Gasteiger partial charge in [-0.05, 0) is 50.7 Å². The fourth-order valence-corrected chi connectivity index (χ4v) is 2.82. The standard InChI is InChI=1S/C11H21N/c1-2-3-4-11-5-8-12(9-6-11)10-7-11/h2-10H2,1H3. The molecule has 0 spiro atoms. The zero-order chi connectivity index (χ0) is 8.44. The van der Waals surface area contributed by atoms with Gasteiger partial charge in [-0.1, -0.05) is 19.8 Å². The van der Waals surface area contributed by atoms with Gasteiger partial charge < -0.3 is 4.90 Å². The third-order valence-corrected chi connectivity index (χ3v) is 3.94. The molecule has 0 amide bonds. The van der Waals surface area contributed by atoms with Crippen molar-refractivity contribution in [2.45, 2.75) is 45.4 Å². The van der Waals surface area contributed by atoms with Crippen molar-refractivity contribution in [1.82, 2.24) is 4.90 Å². The summed E-state index contributed by atoms with van der Waals surface area (Å²) in [6.07, 6.45) is 8.83. The summed E-state index contributed by atoms with van der Waals surface area (Å²) in [5, 5.41) is 0. The molecule has 0 aromatic heterocycles. The lowest BCUT2D eigenvalue weighted by molar-refractivity contribution is 0.0184. The largest absolute Gasteiger partial charge is 0.303 e. The predicted molar refractivity (Wildman–Crippen MR) is 52.2 cm³/mol. The topological polar surface area (TPSA) is 3.24 Å². The lowest BCUT2D eigenvalue weighted by Gasteiger charge is -2.48. The molecule has 0 aromatic carbocycles. The van der Waals surface area contributed by atoms with E-state index in [4.69, 9.17) is 0 Å². The summed E-state index contributed by atoms with van der Waals surface area (Å²) in [6, 6.07) is 0. The first-order chi connectivity index (χ1) is 5.85. The number of fused-ring (bicyclic) bond motifs is 3. The Hall–Kier alpha value is -0.0400. The van der Waals surface area contributed by atoms with Crippen LogP contribution in [-0.4, -0.2) is 24.5 Å². The highest BCUT2D eigenvalue weighted by Crippen LogP contribution is 2.43. The minimum absolute atomic E-state index is 0.796. The molecule has 12 heavy (non-hydrogen) atoms. The molecule has 0 unspecified atom stereocenters. The first kappa shape index (κ1) is 8.55. The molecule has 1 nitrogen and oxygen atoms in total. The zero-order valence-corrected chi connectivity index (χ0v) is 8.31. The van der Waals surface area contributed by atoms with Crippen LogP contribution in [0.3, 0.4) is 0 Å². The molecule has 3 rings (SSSR count). The molecule has 0 atom stereocenters. The molecular formula is C11H21N. The molecule has 0 aliphatic carbocycles. The van der Waals surface area contributed by atoms with Crippen molar-refractivity contribution in [1.29, 1.82) is 0 Å². The Morgan fingerprint density at radius 3 is 2.17 bits per heavy atom. The molecule has 3 aliphatic heterocycles. The van der Waals surface area contributed by atoms with Crippen LogP contribution < -0.4 is 0 Å². The summed E-state index contributed by atoms with van der Waals surface area (Å²) >= 11 is 0. The van der Waals surface area contributed by atoms with Crippen LogP contribution in [0.25, 0.3) is 0 Å². The van der Waals surface area contributed by atoms with Gasteiger partial charge in [0.2, 0.25) is 0 Å². The summed E-state index contributed by atoms with van der Waals surface area (Å²) < 4.78 is 0. The van der Waals surface area contributed by atoms with Crippen LogP contribution in [0, 0.1) is 5.41 Å². The van der Waals surface area contributed by atoms with Crippen LogP contribution in [0.4, 0.5) is 0 Å². The zero-order valence-electron chi connectivity index (χ0n) is 8.31. The minimum atomic E-state index is 0.796. The number of rotatable bonds is 3. The Balaban J connectivity index is 1.90. The minimum Gasteiger partial charge on any atom is -0.303 e. The number of nitrogens with zero attached hydrogens (tertiary/aromatic N) is 1. The maximum Gasteiger partial charge on any atom is -0.00134 e. The fourth-order valence-electron chi connectivity index (χ4n) is 2.82. The van der Waals surface area contributed by atoms with Crippen LogP contribution in [0.2, 0.25) is 0 Å². The van der Waals surface area contributed by atoms with E-state index in [0.29, 0.717) is 0 Å². The van der Waals surface area contributed by atoms with E-state index >= 15 is 0 Å². The quantitative estimate of drug-likeness (QED) is 0.624. The first-order valence-corrected chi connectivity index (χ1v) is 5.57. The maximum atomic E-state index is 2.63. The highest BCUT2D eigenvalue weighted by atomic mass is 15.1. The summed E-state index contributed by atoms with van der Waals surface area (Å²) in [5.74, 6) is 0. The third kappa shape index (κ3) is 1.52. The third-order valence-electron chi connectivity index (χ3n) is 3.94. The molecular weight excluding hydrogens is 146 g/mol. The highest BCUT2D eigenvalue weighted by Gasteiger charge is 2.38. The Morgan fingerprint density at radius 2 is 1.67 bits per heavy atom. The monoisotopic (exact) mass is 167 g/mol. The van der Waals surface area contributed by atoms with Gasteiger partial charge in [-0.3, -0.25) is 0 Å². The van der Waals surface area contributed by atoms with Crippen molar-refractivity contribution in [3.63, 3.8) is 0 Å². The van der Waals surface area contributed by atoms with Crippen molar-refractivity contribution in [2.75, 3.05) is 19.6 Å². The average Bonchev–Trinajstić information content (AvgIpc) is 2.18. The molecule has 0 saturated carbocycles. The maximum absolute atomic E-state index is 2.63. The van der Waals surface area contributed by atoms with Crippen LogP contribution in [0.15, 0.2) is 0 Å². The number of unbranched alkanes of at least 4 members (excludes halogenated alkanes) is 1. The molecule has 0 radical (unpaired) electrons. The predicted octanol–water partition coefficient (Wildman–Crippen LogP) is 2.66. The molecule has 3 fully saturated rings. The molecule has 1 heteroatoms. The number of hydrogen-bond donors (Lipinski definition) is 0. The molecule has 0 N–H and O–H groups in total. The van der Waals surface area contributed by atoms with Crippen LogP contribution in [0.1, 0.15) is 45.4 Å². The fraction of sp³-hybridized carbons (Fsp3) is 1.00. The Morgan fingerprint density at radius 1 is 1.08 bits per heavy atom.